The molecule has 0 bridgehead atoms. The number of carbonyl (C=O) groups is 1. The maximum Gasteiger partial charge on any atom is 0.275 e. The van der Waals surface area contributed by atoms with Gasteiger partial charge in [0.25, 0.3) is 5.91 Å². The van der Waals surface area contributed by atoms with Crippen molar-refractivity contribution in [1.82, 2.24) is 9.99 Å². The molecule has 0 radical (unpaired) electrons. The number of carbonyl (C=O) groups excluding carboxylic acids is 1. The number of hydrogen-bond donors (Lipinski definition) is 0. The molecule has 1 unspecified atom stereocenters. The number of amides is 1. The van der Waals surface area contributed by atoms with E-state index in [1.54, 1.807) is 30.7 Å². The van der Waals surface area contributed by atoms with Gasteiger partial charge >= 0.3 is 0 Å². The fourth-order valence-electron chi connectivity index (χ4n) is 1.38. The molecule has 1 aromatic rings. The molecule has 0 spiro atoms. The van der Waals surface area contributed by atoms with Gasteiger partial charge in [0, 0.05) is 25.0 Å². The Morgan fingerprint density at radius 2 is 2.50 bits per heavy atom. The van der Waals surface area contributed by atoms with Crippen LogP contribution in [0.2, 0.25) is 0 Å². The van der Waals surface area contributed by atoms with E-state index in [0.717, 1.165) is 6.42 Å². The highest BCUT2D eigenvalue weighted by atomic mass is 16.2. The quantitative estimate of drug-likeness (QED) is 0.668. The zero-order valence-corrected chi connectivity index (χ0v) is 7.92. The number of nitrogens with zero attached hydrogens (tertiary/aromatic N) is 3. The molecule has 1 aromatic heterocycles. The first-order chi connectivity index (χ1) is 6.79. The number of hydrogen-bond acceptors (Lipinski definition) is 3. The molecule has 0 fully saturated rings. The summed E-state index contributed by atoms with van der Waals surface area (Å²) in [4.78, 5) is 15.7. The molecule has 0 N–H and O–H groups in total. The van der Waals surface area contributed by atoms with Gasteiger partial charge in [-0.25, -0.2) is 5.01 Å². The normalized spacial score (nSPS) is 20.1. The zero-order chi connectivity index (χ0) is 9.97. The predicted octanol–water partition coefficient (Wildman–Crippen LogP) is 1.30. The molecule has 4 heteroatoms. The second-order valence-electron chi connectivity index (χ2n) is 3.27. The largest absolute Gasteiger partial charge is 0.275 e. The third-order valence-electron chi connectivity index (χ3n) is 2.19. The van der Waals surface area contributed by atoms with E-state index >= 15 is 0 Å². The Morgan fingerprint density at radius 1 is 1.64 bits per heavy atom. The summed E-state index contributed by atoms with van der Waals surface area (Å²) in [6.07, 6.45) is 5.79. The maximum atomic E-state index is 11.8. The molecule has 1 atom stereocenters. The summed E-state index contributed by atoms with van der Waals surface area (Å²) in [7, 11) is 0. The van der Waals surface area contributed by atoms with Crippen LogP contribution in [-0.2, 0) is 0 Å². The molecule has 0 saturated heterocycles. The third kappa shape index (κ3) is 1.51. The summed E-state index contributed by atoms with van der Waals surface area (Å²) in [6, 6.07) is 3.65. The molecule has 0 aromatic carbocycles. The highest BCUT2D eigenvalue weighted by Crippen LogP contribution is 2.13. The summed E-state index contributed by atoms with van der Waals surface area (Å²) in [5.41, 5.74) is 0.582. The standard InChI is InChI=1S/C10H11N3O/c1-8-4-6-12-13(8)10(14)9-3-2-5-11-7-9/h2-3,5-8H,4H2,1H3. The molecule has 0 saturated carbocycles. The lowest BCUT2D eigenvalue weighted by Crippen LogP contribution is -2.30. The van der Waals surface area contributed by atoms with Gasteiger partial charge in [0.15, 0.2) is 0 Å². The van der Waals surface area contributed by atoms with E-state index in [1.165, 1.54) is 5.01 Å². The van der Waals surface area contributed by atoms with Crippen molar-refractivity contribution in [1.29, 1.82) is 0 Å². The van der Waals surface area contributed by atoms with Crippen molar-refractivity contribution in [2.24, 2.45) is 5.10 Å². The molecule has 1 amide bonds. The van der Waals surface area contributed by atoms with Crippen LogP contribution in [0.3, 0.4) is 0 Å². The van der Waals surface area contributed by atoms with Gasteiger partial charge in [0.1, 0.15) is 0 Å². The van der Waals surface area contributed by atoms with Gasteiger partial charge in [-0.1, -0.05) is 0 Å². The number of hydrazone groups is 1. The van der Waals surface area contributed by atoms with Crippen LogP contribution in [0.4, 0.5) is 0 Å². The Hall–Kier alpha value is -1.71. The van der Waals surface area contributed by atoms with Crippen LogP contribution in [0, 0.1) is 0 Å². The van der Waals surface area contributed by atoms with E-state index in [9.17, 15) is 4.79 Å². The molecule has 2 rings (SSSR count). The van der Waals surface area contributed by atoms with Crippen molar-refractivity contribution in [3.05, 3.63) is 30.1 Å². The summed E-state index contributed by atoms with van der Waals surface area (Å²) in [5, 5.41) is 5.52. The van der Waals surface area contributed by atoms with Crippen molar-refractivity contribution in [2.45, 2.75) is 19.4 Å². The smallest absolute Gasteiger partial charge is 0.267 e. The number of rotatable bonds is 1. The zero-order valence-electron chi connectivity index (χ0n) is 7.92. The lowest BCUT2D eigenvalue weighted by molar-refractivity contribution is 0.0724. The molecule has 14 heavy (non-hydrogen) atoms. The fraction of sp³-hybridized carbons (Fsp3) is 0.300. The molecule has 2 heterocycles. The van der Waals surface area contributed by atoms with Gasteiger partial charge in [-0.15, -0.1) is 0 Å². The Morgan fingerprint density at radius 3 is 3.07 bits per heavy atom. The Balaban J connectivity index is 2.20. The van der Waals surface area contributed by atoms with Gasteiger partial charge in [-0.05, 0) is 19.1 Å². The Kier molecular flexibility index (Phi) is 2.26. The Labute approximate surface area is 82.3 Å². The van der Waals surface area contributed by atoms with E-state index < -0.39 is 0 Å². The summed E-state index contributed by atoms with van der Waals surface area (Å²) < 4.78 is 0. The molecule has 1 aliphatic rings. The van der Waals surface area contributed by atoms with E-state index in [0.29, 0.717) is 5.56 Å². The highest BCUT2D eigenvalue weighted by molar-refractivity contribution is 5.95. The molecule has 4 nitrogen and oxygen atoms in total. The van der Waals surface area contributed by atoms with Gasteiger partial charge in [-0.3, -0.25) is 9.78 Å². The minimum absolute atomic E-state index is 0.0839. The average molecular weight is 189 g/mol. The lowest BCUT2D eigenvalue weighted by atomic mass is 10.2. The second kappa shape index (κ2) is 3.57. The molecule has 0 aliphatic carbocycles. The van der Waals surface area contributed by atoms with E-state index in [2.05, 4.69) is 10.1 Å². The van der Waals surface area contributed by atoms with Gasteiger partial charge < -0.3 is 0 Å². The van der Waals surface area contributed by atoms with E-state index in [-0.39, 0.29) is 11.9 Å². The van der Waals surface area contributed by atoms with Gasteiger partial charge in [-0.2, -0.15) is 5.10 Å². The van der Waals surface area contributed by atoms with Crippen LogP contribution >= 0.6 is 0 Å². The highest BCUT2D eigenvalue weighted by Gasteiger charge is 2.23. The van der Waals surface area contributed by atoms with Crippen LogP contribution < -0.4 is 0 Å². The van der Waals surface area contributed by atoms with Crippen LogP contribution in [-0.4, -0.2) is 28.2 Å². The summed E-state index contributed by atoms with van der Waals surface area (Å²) >= 11 is 0. The summed E-state index contributed by atoms with van der Waals surface area (Å²) in [5.74, 6) is -0.0839. The van der Waals surface area contributed by atoms with Crippen LogP contribution in [0.25, 0.3) is 0 Å². The van der Waals surface area contributed by atoms with Crippen molar-refractivity contribution in [3.8, 4) is 0 Å². The molecular weight excluding hydrogens is 178 g/mol. The first kappa shape index (κ1) is 8.87. The number of aromatic nitrogens is 1. The maximum absolute atomic E-state index is 11.8. The Bertz CT molecular complexity index is 361. The van der Waals surface area contributed by atoms with Crippen LogP contribution in [0.5, 0.6) is 0 Å². The SMILES string of the molecule is CC1CC=NN1C(=O)c1cccnc1. The van der Waals surface area contributed by atoms with E-state index in [1.807, 2.05) is 6.92 Å². The minimum Gasteiger partial charge on any atom is -0.267 e. The van der Waals surface area contributed by atoms with Crippen LogP contribution in [0.15, 0.2) is 29.6 Å². The van der Waals surface area contributed by atoms with E-state index in [4.69, 9.17) is 0 Å². The van der Waals surface area contributed by atoms with Gasteiger partial charge in [0.2, 0.25) is 0 Å². The predicted molar refractivity (Wildman–Crippen MR) is 53.0 cm³/mol. The van der Waals surface area contributed by atoms with Crippen molar-refractivity contribution >= 4 is 12.1 Å². The second-order valence-corrected chi connectivity index (χ2v) is 3.27. The first-order valence-corrected chi connectivity index (χ1v) is 4.55. The molecule has 1 aliphatic heterocycles. The first-order valence-electron chi connectivity index (χ1n) is 4.55. The third-order valence-corrected chi connectivity index (χ3v) is 2.19. The number of pyridine rings is 1. The average Bonchev–Trinajstić information content (AvgIpc) is 2.65. The van der Waals surface area contributed by atoms with Crippen molar-refractivity contribution in [2.75, 3.05) is 0 Å². The van der Waals surface area contributed by atoms with Crippen LogP contribution in [0.1, 0.15) is 23.7 Å². The fourth-order valence-corrected chi connectivity index (χ4v) is 1.38. The minimum atomic E-state index is -0.0839. The topological polar surface area (TPSA) is 45.6 Å². The summed E-state index contributed by atoms with van der Waals surface area (Å²) in [6.45, 7) is 1.97. The molecule has 72 valence electrons. The monoisotopic (exact) mass is 189 g/mol. The van der Waals surface area contributed by atoms with Gasteiger partial charge in [0.05, 0.1) is 11.6 Å². The van der Waals surface area contributed by atoms with Crippen molar-refractivity contribution < 1.29 is 4.79 Å². The molecular formula is C10H11N3O. The lowest BCUT2D eigenvalue weighted by Gasteiger charge is -2.17. The van der Waals surface area contributed by atoms with Crippen molar-refractivity contribution in [3.63, 3.8) is 0 Å².